The van der Waals surface area contributed by atoms with Crippen molar-refractivity contribution in [2.24, 2.45) is 0 Å². The van der Waals surface area contributed by atoms with E-state index in [0.29, 0.717) is 28.0 Å². The molecule has 0 saturated carbocycles. The number of anilines is 1. The van der Waals surface area contributed by atoms with Crippen molar-refractivity contribution in [2.75, 3.05) is 5.32 Å². The van der Waals surface area contributed by atoms with Crippen LogP contribution in [-0.2, 0) is 0 Å². The van der Waals surface area contributed by atoms with Crippen molar-refractivity contribution in [1.82, 2.24) is 19.7 Å². The molecule has 4 heterocycles. The van der Waals surface area contributed by atoms with Gasteiger partial charge in [0.15, 0.2) is 5.76 Å². The molecule has 0 aliphatic rings. The van der Waals surface area contributed by atoms with E-state index < -0.39 is 0 Å². The third kappa shape index (κ3) is 3.07. The number of nitrogens with one attached hydrogen (secondary N) is 2. The summed E-state index contributed by atoms with van der Waals surface area (Å²) in [5.41, 5.74) is 1.50. The number of hydrogen-bond acceptors (Lipinski definition) is 6. The molecule has 26 heavy (non-hydrogen) atoms. The number of aromatic amines is 1. The summed E-state index contributed by atoms with van der Waals surface area (Å²) in [6.45, 7) is 1.83. The molecule has 0 aliphatic heterocycles. The number of pyridine rings is 1. The Hall–Kier alpha value is -3.46. The molecular formula is C17H13N5O3S. The Labute approximate surface area is 151 Å². The number of thiazole rings is 1. The summed E-state index contributed by atoms with van der Waals surface area (Å²) in [5, 5.41) is 9.65. The summed E-state index contributed by atoms with van der Waals surface area (Å²) in [5.74, 6) is 0.791. The Bertz CT molecular complexity index is 1100. The summed E-state index contributed by atoms with van der Waals surface area (Å²) in [4.78, 5) is 30.5. The Morgan fingerprint density at radius 2 is 2.23 bits per heavy atom. The van der Waals surface area contributed by atoms with Crippen molar-refractivity contribution < 1.29 is 9.21 Å². The number of carbonyl (C=O) groups excluding carboxylic acids is 1. The molecule has 0 aliphatic carbocycles. The van der Waals surface area contributed by atoms with E-state index in [2.05, 4.69) is 20.4 Å². The Morgan fingerprint density at radius 1 is 1.35 bits per heavy atom. The Morgan fingerprint density at radius 3 is 2.96 bits per heavy atom. The van der Waals surface area contributed by atoms with Gasteiger partial charge in [0, 0.05) is 23.7 Å². The highest BCUT2D eigenvalue weighted by Gasteiger charge is 2.16. The monoisotopic (exact) mass is 367 g/mol. The summed E-state index contributed by atoms with van der Waals surface area (Å²) < 4.78 is 6.92. The maximum atomic E-state index is 12.4. The number of rotatable bonds is 4. The summed E-state index contributed by atoms with van der Waals surface area (Å²) >= 11 is 1.38. The molecule has 0 fully saturated rings. The van der Waals surface area contributed by atoms with Gasteiger partial charge in [0.1, 0.15) is 11.5 Å². The number of furan rings is 1. The molecule has 4 aromatic heterocycles. The minimum Gasteiger partial charge on any atom is -0.463 e. The van der Waals surface area contributed by atoms with E-state index in [1.165, 1.54) is 29.7 Å². The quantitative estimate of drug-likeness (QED) is 0.577. The molecule has 4 rings (SSSR count). The molecule has 8 nitrogen and oxygen atoms in total. The van der Waals surface area contributed by atoms with Crippen molar-refractivity contribution in [3.05, 3.63) is 69.8 Å². The number of carbonyl (C=O) groups is 1. The van der Waals surface area contributed by atoms with Crippen LogP contribution in [0.25, 0.3) is 16.6 Å². The average Bonchev–Trinajstić information content (AvgIpc) is 3.35. The second kappa shape index (κ2) is 6.45. The molecule has 0 unspecified atom stereocenters. The number of aromatic nitrogens is 4. The number of hydrogen-bond donors (Lipinski definition) is 2. The van der Waals surface area contributed by atoms with E-state index in [1.54, 1.807) is 23.1 Å². The van der Waals surface area contributed by atoms with Crippen LogP contribution < -0.4 is 10.9 Å². The van der Waals surface area contributed by atoms with Gasteiger partial charge in [0.25, 0.3) is 5.91 Å². The van der Waals surface area contributed by atoms with Crippen LogP contribution in [0, 0.1) is 6.92 Å². The first-order valence-electron chi connectivity index (χ1n) is 7.67. The zero-order chi connectivity index (χ0) is 18.1. The van der Waals surface area contributed by atoms with Gasteiger partial charge < -0.3 is 14.7 Å². The third-order valence-electron chi connectivity index (χ3n) is 3.57. The van der Waals surface area contributed by atoms with E-state index >= 15 is 0 Å². The van der Waals surface area contributed by atoms with E-state index in [-0.39, 0.29) is 11.5 Å². The molecule has 0 aromatic carbocycles. The number of amides is 1. The lowest BCUT2D eigenvalue weighted by Crippen LogP contribution is -2.16. The average molecular weight is 367 g/mol. The maximum Gasteiger partial charge on any atom is 0.258 e. The van der Waals surface area contributed by atoms with Crippen molar-refractivity contribution in [3.8, 4) is 16.6 Å². The first-order valence-corrected chi connectivity index (χ1v) is 8.54. The minimum atomic E-state index is -0.356. The molecule has 0 radical (unpaired) electrons. The smallest absolute Gasteiger partial charge is 0.258 e. The largest absolute Gasteiger partial charge is 0.463 e. The molecule has 0 bridgehead atoms. The van der Waals surface area contributed by atoms with Crippen LogP contribution in [-0.4, -0.2) is 25.7 Å². The van der Waals surface area contributed by atoms with Crippen LogP contribution in [0.15, 0.2) is 57.4 Å². The lowest BCUT2D eigenvalue weighted by atomic mass is 10.2. The standard InChI is InChI=1S/C17H13N5O3S/c1-10-7-14(20-16(24)11-4-5-15(23)18-8-11)22(21-10)17-19-12(9-26-17)13-3-2-6-25-13/h2-9H,1H3,(H,18,23)(H,20,24). The van der Waals surface area contributed by atoms with Gasteiger partial charge >= 0.3 is 0 Å². The highest BCUT2D eigenvalue weighted by atomic mass is 32.1. The van der Waals surface area contributed by atoms with Crippen LogP contribution in [0.1, 0.15) is 16.1 Å². The van der Waals surface area contributed by atoms with Crippen molar-refractivity contribution in [3.63, 3.8) is 0 Å². The topological polar surface area (TPSA) is 106 Å². The number of H-pyrrole nitrogens is 1. The second-order valence-electron chi connectivity index (χ2n) is 5.47. The van der Waals surface area contributed by atoms with Crippen molar-refractivity contribution >= 4 is 23.1 Å². The fourth-order valence-corrected chi connectivity index (χ4v) is 3.15. The maximum absolute atomic E-state index is 12.4. The minimum absolute atomic E-state index is 0.268. The number of nitrogens with zero attached hydrogens (tertiary/aromatic N) is 3. The van der Waals surface area contributed by atoms with E-state index in [1.807, 2.05) is 18.4 Å². The van der Waals surface area contributed by atoms with Gasteiger partial charge in [0.2, 0.25) is 10.7 Å². The third-order valence-corrected chi connectivity index (χ3v) is 4.38. The van der Waals surface area contributed by atoms with Crippen molar-refractivity contribution in [2.45, 2.75) is 6.92 Å². The predicted molar refractivity (Wildman–Crippen MR) is 96.7 cm³/mol. The van der Waals surface area contributed by atoms with Crippen LogP contribution >= 0.6 is 11.3 Å². The fourth-order valence-electron chi connectivity index (χ4n) is 2.37. The van der Waals surface area contributed by atoms with Crippen LogP contribution in [0.5, 0.6) is 0 Å². The molecule has 130 valence electrons. The molecule has 0 atom stereocenters. The zero-order valence-corrected chi connectivity index (χ0v) is 14.4. The highest BCUT2D eigenvalue weighted by molar-refractivity contribution is 7.12. The van der Waals surface area contributed by atoms with E-state index in [0.717, 1.165) is 5.69 Å². The molecule has 9 heteroatoms. The van der Waals surface area contributed by atoms with Gasteiger partial charge in [-0.15, -0.1) is 11.3 Å². The predicted octanol–water partition coefficient (Wildman–Crippen LogP) is 2.84. The first kappa shape index (κ1) is 16.0. The van der Waals surface area contributed by atoms with Gasteiger partial charge in [-0.3, -0.25) is 9.59 Å². The summed E-state index contributed by atoms with van der Waals surface area (Å²) in [7, 11) is 0. The molecule has 1 amide bonds. The molecule has 0 saturated heterocycles. The van der Waals surface area contributed by atoms with Gasteiger partial charge in [-0.25, -0.2) is 4.98 Å². The molecule has 4 aromatic rings. The van der Waals surface area contributed by atoms with Gasteiger partial charge in [-0.2, -0.15) is 9.78 Å². The van der Waals surface area contributed by atoms with E-state index in [9.17, 15) is 9.59 Å². The van der Waals surface area contributed by atoms with Crippen LogP contribution in [0.4, 0.5) is 5.82 Å². The highest BCUT2D eigenvalue weighted by Crippen LogP contribution is 2.26. The lowest BCUT2D eigenvalue weighted by Gasteiger charge is -2.06. The Kier molecular flexibility index (Phi) is 3.98. The van der Waals surface area contributed by atoms with Gasteiger partial charge in [-0.05, 0) is 25.1 Å². The van der Waals surface area contributed by atoms with Crippen LogP contribution in [0.2, 0.25) is 0 Å². The second-order valence-corrected chi connectivity index (χ2v) is 6.31. The normalized spacial score (nSPS) is 10.8. The fraction of sp³-hybridized carbons (Fsp3) is 0.0588. The lowest BCUT2D eigenvalue weighted by molar-refractivity contribution is 0.102. The molecule has 0 spiro atoms. The SMILES string of the molecule is Cc1cc(NC(=O)c2ccc(=O)[nH]c2)n(-c2nc(-c3ccco3)cs2)n1. The summed E-state index contributed by atoms with van der Waals surface area (Å²) in [6.07, 6.45) is 2.95. The van der Waals surface area contributed by atoms with Gasteiger partial charge in [-0.1, -0.05) is 0 Å². The zero-order valence-electron chi connectivity index (χ0n) is 13.6. The summed E-state index contributed by atoms with van der Waals surface area (Å²) in [6, 6.07) is 8.12. The first-order chi connectivity index (χ1) is 12.6. The van der Waals surface area contributed by atoms with Crippen LogP contribution in [0.3, 0.4) is 0 Å². The molecular weight excluding hydrogens is 354 g/mol. The van der Waals surface area contributed by atoms with Gasteiger partial charge in [0.05, 0.1) is 17.5 Å². The number of aryl methyl sites for hydroxylation is 1. The Balaban J connectivity index is 1.64. The van der Waals surface area contributed by atoms with Crippen molar-refractivity contribution in [1.29, 1.82) is 0 Å². The molecule has 2 N–H and O–H groups in total. The van der Waals surface area contributed by atoms with E-state index in [4.69, 9.17) is 4.42 Å².